The van der Waals surface area contributed by atoms with Crippen molar-refractivity contribution in [1.82, 2.24) is 4.90 Å². The van der Waals surface area contributed by atoms with Crippen LogP contribution >= 0.6 is 15.9 Å². The lowest BCUT2D eigenvalue weighted by atomic mass is 10.1. The van der Waals surface area contributed by atoms with Gasteiger partial charge in [0.1, 0.15) is 5.76 Å². The highest BCUT2D eigenvalue weighted by molar-refractivity contribution is 9.11. The fourth-order valence-electron chi connectivity index (χ4n) is 2.70. The van der Waals surface area contributed by atoms with E-state index < -0.39 is 8.32 Å². The van der Waals surface area contributed by atoms with Crippen LogP contribution in [0.4, 0.5) is 0 Å². The standard InChI is InChI=1S/C21H28BrNOSi/c1-18(21(15-22)24-25(2,3)4)23(16-19-11-7-5-8-12-19)17-20-13-9-6-10-14-20/h5-15,18H,16-17H2,1-4H3/b21-15-/t18-/m0/s1. The maximum Gasteiger partial charge on any atom is 0.241 e. The van der Waals surface area contributed by atoms with Crippen molar-refractivity contribution in [3.05, 3.63) is 82.5 Å². The molecule has 0 amide bonds. The number of hydrogen-bond donors (Lipinski definition) is 0. The second kappa shape index (κ2) is 9.37. The summed E-state index contributed by atoms with van der Waals surface area (Å²) >= 11 is 3.52. The summed E-state index contributed by atoms with van der Waals surface area (Å²) < 4.78 is 6.32. The Hall–Kier alpha value is -1.36. The van der Waals surface area contributed by atoms with E-state index in [1.54, 1.807) is 0 Å². The van der Waals surface area contributed by atoms with Crippen LogP contribution < -0.4 is 0 Å². The van der Waals surface area contributed by atoms with Crippen LogP contribution in [0.5, 0.6) is 0 Å². The van der Waals surface area contributed by atoms with E-state index in [9.17, 15) is 0 Å². The van der Waals surface area contributed by atoms with Crippen molar-refractivity contribution in [3.8, 4) is 0 Å². The molecule has 0 unspecified atom stereocenters. The molecule has 1 atom stereocenters. The van der Waals surface area contributed by atoms with Crippen LogP contribution in [0, 0.1) is 0 Å². The molecule has 2 nitrogen and oxygen atoms in total. The Balaban J connectivity index is 2.23. The molecule has 134 valence electrons. The van der Waals surface area contributed by atoms with Crippen LogP contribution in [-0.2, 0) is 17.5 Å². The zero-order chi connectivity index (χ0) is 18.3. The molecule has 0 aliphatic heterocycles. The van der Waals surface area contributed by atoms with Gasteiger partial charge in [0.15, 0.2) is 0 Å². The Labute approximate surface area is 161 Å². The molecule has 0 aliphatic rings. The van der Waals surface area contributed by atoms with Gasteiger partial charge in [0.25, 0.3) is 0 Å². The fourth-order valence-corrected chi connectivity index (χ4v) is 4.28. The largest absolute Gasteiger partial charge is 0.546 e. The SMILES string of the molecule is C[C@@H](/C(=C/Br)O[Si](C)(C)C)N(Cc1ccccc1)Cc1ccccc1. The van der Waals surface area contributed by atoms with Crippen LogP contribution in [0.15, 0.2) is 71.4 Å². The molecule has 25 heavy (non-hydrogen) atoms. The van der Waals surface area contributed by atoms with Gasteiger partial charge in [0, 0.05) is 18.1 Å². The first-order valence-electron chi connectivity index (χ1n) is 8.70. The molecule has 0 spiro atoms. The molecule has 4 heteroatoms. The molecule has 2 aromatic carbocycles. The van der Waals surface area contributed by atoms with Crippen molar-refractivity contribution in [2.45, 2.75) is 45.7 Å². The highest BCUT2D eigenvalue weighted by atomic mass is 79.9. The fraction of sp³-hybridized carbons (Fsp3) is 0.333. The quantitative estimate of drug-likeness (QED) is 0.376. The Morgan fingerprint density at radius 2 is 1.40 bits per heavy atom. The summed E-state index contributed by atoms with van der Waals surface area (Å²) in [6.45, 7) is 10.6. The van der Waals surface area contributed by atoms with Crippen molar-refractivity contribution in [3.63, 3.8) is 0 Å². The van der Waals surface area contributed by atoms with Gasteiger partial charge in [-0.1, -0.05) is 76.6 Å². The molecule has 0 bridgehead atoms. The average Bonchev–Trinajstić information content (AvgIpc) is 2.59. The smallest absolute Gasteiger partial charge is 0.241 e. The summed E-state index contributed by atoms with van der Waals surface area (Å²) in [5, 5.41) is 0. The van der Waals surface area contributed by atoms with E-state index in [2.05, 4.69) is 108 Å². The maximum atomic E-state index is 6.32. The molecular weight excluding hydrogens is 390 g/mol. The first-order chi connectivity index (χ1) is 11.9. The Morgan fingerprint density at radius 3 is 1.76 bits per heavy atom. The van der Waals surface area contributed by atoms with Gasteiger partial charge in [-0.3, -0.25) is 4.90 Å². The van der Waals surface area contributed by atoms with E-state index in [0.717, 1.165) is 18.8 Å². The predicted molar refractivity (Wildman–Crippen MR) is 113 cm³/mol. The summed E-state index contributed by atoms with van der Waals surface area (Å²) in [6, 6.07) is 21.4. The second-order valence-electron chi connectivity index (χ2n) is 7.28. The van der Waals surface area contributed by atoms with Gasteiger partial charge >= 0.3 is 0 Å². The van der Waals surface area contributed by atoms with Gasteiger partial charge in [-0.25, -0.2) is 0 Å². The highest BCUT2D eigenvalue weighted by Crippen LogP contribution is 2.23. The Morgan fingerprint density at radius 1 is 0.960 bits per heavy atom. The first-order valence-corrected chi connectivity index (χ1v) is 13.0. The van der Waals surface area contributed by atoms with Crippen LogP contribution in [0.1, 0.15) is 18.1 Å². The maximum absolute atomic E-state index is 6.32. The van der Waals surface area contributed by atoms with E-state index >= 15 is 0 Å². The van der Waals surface area contributed by atoms with Crippen LogP contribution in [0.3, 0.4) is 0 Å². The summed E-state index contributed by atoms with van der Waals surface area (Å²) in [6.07, 6.45) is 0. The van der Waals surface area contributed by atoms with E-state index in [0.29, 0.717) is 0 Å². The normalized spacial score (nSPS) is 13.8. The number of benzene rings is 2. The van der Waals surface area contributed by atoms with Crippen molar-refractivity contribution in [2.24, 2.45) is 0 Å². The van der Waals surface area contributed by atoms with E-state index in [4.69, 9.17) is 4.43 Å². The number of halogens is 1. The van der Waals surface area contributed by atoms with Crippen LogP contribution in [-0.4, -0.2) is 19.3 Å². The molecule has 0 heterocycles. The van der Waals surface area contributed by atoms with Crippen molar-refractivity contribution in [2.75, 3.05) is 0 Å². The third-order valence-corrected chi connectivity index (χ3v) is 5.25. The Kier molecular flexibility index (Phi) is 7.48. The zero-order valence-electron chi connectivity index (χ0n) is 15.6. The average molecular weight is 418 g/mol. The first kappa shape index (κ1) is 20.0. The minimum absolute atomic E-state index is 0.187. The van der Waals surface area contributed by atoms with E-state index in [1.807, 2.05) is 4.99 Å². The van der Waals surface area contributed by atoms with Gasteiger partial charge in [0.05, 0.1) is 6.04 Å². The van der Waals surface area contributed by atoms with Crippen LogP contribution in [0.25, 0.3) is 0 Å². The third-order valence-electron chi connectivity index (χ3n) is 3.95. The summed E-state index contributed by atoms with van der Waals surface area (Å²) in [5.74, 6) is 1.01. The topological polar surface area (TPSA) is 12.5 Å². The molecule has 0 aromatic heterocycles. The van der Waals surface area contributed by atoms with Crippen LogP contribution in [0.2, 0.25) is 19.6 Å². The van der Waals surface area contributed by atoms with Crippen molar-refractivity contribution >= 4 is 24.2 Å². The van der Waals surface area contributed by atoms with Gasteiger partial charge in [0.2, 0.25) is 8.32 Å². The van der Waals surface area contributed by atoms with Crippen molar-refractivity contribution < 1.29 is 4.43 Å². The van der Waals surface area contributed by atoms with Gasteiger partial charge in [-0.2, -0.15) is 0 Å². The monoisotopic (exact) mass is 417 g/mol. The van der Waals surface area contributed by atoms with E-state index in [1.165, 1.54) is 11.1 Å². The van der Waals surface area contributed by atoms with Gasteiger partial charge in [-0.05, 0) is 37.7 Å². The molecule has 0 saturated heterocycles. The van der Waals surface area contributed by atoms with Crippen molar-refractivity contribution in [1.29, 1.82) is 0 Å². The minimum atomic E-state index is -1.66. The Bertz CT molecular complexity index is 626. The van der Waals surface area contributed by atoms with Gasteiger partial charge < -0.3 is 4.43 Å². The molecule has 0 N–H and O–H groups in total. The lowest BCUT2D eigenvalue weighted by molar-refractivity contribution is 0.176. The lowest BCUT2D eigenvalue weighted by Crippen LogP contribution is -2.37. The molecule has 0 radical (unpaired) electrons. The summed E-state index contributed by atoms with van der Waals surface area (Å²) in [5.41, 5.74) is 2.62. The predicted octanol–water partition coefficient (Wildman–Crippen LogP) is 6.17. The summed E-state index contributed by atoms with van der Waals surface area (Å²) in [7, 11) is -1.66. The molecule has 0 fully saturated rings. The van der Waals surface area contributed by atoms with Gasteiger partial charge in [-0.15, -0.1) is 0 Å². The van der Waals surface area contributed by atoms with E-state index in [-0.39, 0.29) is 6.04 Å². The second-order valence-corrected chi connectivity index (χ2v) is 12.2. The number of nitrogens with zero attached hydrogens (tertiary/aromatic N) is 1. The number of rotatable bonds is 8. The third kappa shape index (κ3) is 6.81. The lowest BCUT2D eigenvalue weighted by Gasteiger charge is -2.33. The molecular formula is C21H28BrNOSi. The molecule has 2 aromatic rings. The summed E-state index contributed by atoms with van der Waals surface area (Å²) in [4.78, 5) is 4.40. The zero-order valence-corrected chi connectivity index (χ0v) is 18.2. The molecule has 2 rings (SSSR count). The number of hydrogen-bond acceptors (Lipinski definition) is 2. The molecule has 0 aliphatic carbocycles. The minimum Gasteiger partial charge on any atom is -0.546 e. The molecule has 0 saturated carbocycles. The highest BCUT2D eigenvalue weighted by Gasteiger charge is 2.25.